The highest BCUT2D eigenvalue weighted by Gasteiger charge is 2.14. The molecule has 0 spiro atoms. The molecule has 100 valence electrons. The lowest BCUT2D eigenvalue weighted by molar-refractivity contribution is 0.00524. The fourth-order valence-corrected chi connectivity index (χ4v) is 2.54. The summed E-state index contributed by atoms with van der Waals surface area (Å²) < 4.78 is 6.18. The average molecular weight is 254 g/mol. The maximum absolute atomic E-state index is 6.18. The van der Waals surface area contributed by atoms with Gasteiger partial charge in [-0.1, -0.05) is 48.5 Å². The number of rotatable bonds is 4. The van der Waals surface area contributed by atoms with Gasteiger partial charge in [-0.25, -0.2) is 0 Å². The van der Waals surface area contributed by atoms with Crippen LogP contribution in [0.1, 0.15) is 48.3 Å². The molecule has 19 heavy (non-hydrogen) atoms. The molecule has 0 saturated carbocycles. The zero-order valence-corrected chi connectivity index (χ0v) is 12.2. The predicted octanol–water partition coefficient (Wildman–Crippen LogP) is 5.14. The second kappa shape index (κ2) is 6.03. The van der Waals surface area contributed by atoms with Crippen molar-refractivity contribution in [3.8, 4) is 0 Å². The van der Waals surface area contributed by atoms with Crippen molar-refractivity contribution in [2.45, 2.75) is 39.9 Å². The van der Waals surface area contributed by atoms with Crippen molar-refractivity contribution in [2.24, 2.45) is 0 Å². The molecule has 2 atom stereocenters. The summed E-state index contributed by atoms with van der Waals surface area (Å²) in [6.07, 6.45) is 0.214. The number of hydrogen-bond acceptors (Lipinski definition) is 1. The highest BCUT2D eigenvalue weighted by Crippen LogP contribution is 2.29. The van der Waals surface area contributed by atoms with Crippen LogP contribution >= 0.6 is 0 Å². The molecule has 0 amide bonds. The van der Waals surface area contributed by atoms with Gasteiger partial charge in [0, 0.05) is 0 Å². The van der Waals surface area contributed by atoms with E-state index in [1.54, 1.807) is 0 Å². The lowest BCUT2D eigenvalue weighted by Gasteiger charge is -2.22. The Labute approximate surface area is 116 Å². The molecule has 0 radical (unpaired) electrons. The van der Waals surface area contributed by atoms with Crippen molar-refractivity contribution < 1.29 is 4.74 Å². The zero-order chi connectivity index (χ0) is 13.8. The van der Waals surface area contributed by atoms with Gasteiger partial charge in [0.1, 0.15) is 0 Å². The van der Waals surface area contributed by atoms with Gasteiger partial charge in [0.25, 0.3) is 0 Å². The van der Waals surface area contributed by atoms with E-state index in [9.17, 15) is 0 Å². The molecule has 2 unspecified atom stereocenters. The Morgan fingerprint density at radius 3 is 1.42 bits per heavy atom. The van der Waals surface area contributed by atoms with Crippen molar-refractivity contribution in [3.63, 3.8) is 0 Å². The first-order chi connectivity index (χ1) is 9.09. The summed E-state index contributed by atoms with van der Waals surface area (Å²) in [6, 6.07) is 16.8. The lowest BCUT2D eigenvalue weighted by atomic mass is 10.0. The molecule has 0 heterocycles. The maximum Gasteiger partial charge on any atom is 0.0807 e. The minimum atomic E-state index is 0.107. The topological polar surface area (TPSA) is 9.23 Å². The van der Waals surface area contributed by atoms with Crippen molar-refractivity contribution >= 4 is 0 Å². The van der Waals surface area contributed by atoms with E-state index in [0.29, 0.717) is 0 Å². The van der Waals surface area contributed by atoms with Crippen LogP contribution in [0.4, 0.5) is 0 Å². The first-order valence-electron chi connectivity index (χ1n) is 6.86. The molecule has 0 fully saturated rings. The van der Waals surface area contributed by atoms with E-state index >= 15 is 0 Å². The molecule has 1 nitrogen and oxygen atoms in total. The van der Waals surface area contributed by atoms with Crippen molar-refractivity contribution in [1.82, 2.24) is 0 Å². The van der Waals surface area contributed by atoms with Crippen LogP contribution in [0.25, 0.3) is 0 Å². The number of aryl methyl sites for hydroxylation is 2. The first kappa shape index (κ1) is 13.8. The van der Waals surface area contributed by atoms with E-state index in [-0.39, 0.29) is 12.2 Å². The van der Waals surface area contributed by atoms with Gasteiger partial charge in [0.15, 0.2) is 0 Å². The smallest absolute Gasteiger partial charge is 0.0807 e. The van der Waals surface area contributed by atoms with Gasteiger partial charge in [0.05, 0.1) is 12.2 Å². The third-order valence-corrected chi connectivity index (χ3v) is 3.66. The van der Waals surface area contributed by atoms with Crippen LogP contribution in [0.15, 0.2) is 48.5 Å². The summed E-state index contributed by atoms with van der Waals surface area (Å²) in [5.74, 6) is 0. The molecule has 0 aliphatic heterocycles. The van der Waals surface area contributed by atoms with Gasteiger partial charge in [-0.15, -0.1) is 0 Å². The van der Waals surface area contributed by atoms with Crippen LogP contribution in [0.3, 0.4) is 0 Å². The minimum Gasteiger partial charge on any atom is -0.366 e. The van der Waals surface area contributed by atoms with Gasteiger partial charge in [-0.3, -0.25) is 0 Å². The molecular formula is C18H22O. The lowest BCUT2D eigenvalue weighted by Crippen LogP contribution is -2.07. The van der Waals surface area contributed by atoms with Gasteiger partial charge in [-0.05, 0) is 49.9 Å². The molecule has 0 saturated heterocycles. The van der Waals surface area contributed by atoms with Crippen LogP contribution in [0, 0.1) is 13.8 Å². The largest absolute Gasteiger partial charge is 0.366 e. The molecule has 0 aliphatic rings. The Morgan fingerprint density at radius 1 is 0.684 bits per heavy atom. The SMILES string of the molecule is Cc1ccccc1C(C)OC(C)c1ccccc1C. The number of benzene rings is 2. The summed E-state index contributed by atoms with van der Waals surface area (Å²) >= 11 is 0. The molecule has 1 heteroatoms. The van der Waals surface area contributed by atoms with E-state index in [1.165, 1.54) is 22.3 Å². The third-order valence-electron chi connectivity index (χ3n) is 3.66. The van der Waals surface area contributed by atoms with Crippen molar-refractivity contribution in [1.29, 1.82) is 0 Å². The van der Waals surface area contributed by atoms with E-state index in [0.717, 1.165) is 0 Å². The summed E-state index contributed by atoms with van der Waals surface area (Å²) in [4.78, 5) is 0. The summed E-state index contributed by atoms with van der Waals surface area (Å²) in [5, 5.41) is 0. The Hall–Kier alpha value is -1.60. The Kier molecular flexibility index (Phi) is 4.39. The summed E-state index contributed by atoms with van der Waals surface area (Å²) in [7, 11) is 0. The molecule has 0 N–H and O–H groups in total. The van der Waals surface area contributed by atoms with Crippen LogP contribution in [-0.4, -0.2) is 0 Å². The fourth-order valence-electron chi connectivity index (χ4n) is 2.54. The van der Waals surface area contributed by atoms with E-state index in [4.69, 9.17) is 4.74 Å². The summed E-state index contributed by atoms with van der Waals surface area (Å²) in [6.45, 7) is 8.51. The second-order valence-electron chi connectivity index (χ2n) is 5.13. The highest BCUT2D eigenvalue weighted by molar-refractivity contribution is 5.29. The first-order valence-corrected chi connectivity index (χ1v) is 6.86. The average Bonchev–Trinajstić information content (AvgIpc) is 2.39. The standard InChI is InChI=1S/C18H22O/c1-13-9-5-7-11-17(13)15(3)19-16(4)18-12-8-6-10-14(18)2/h5-12,15-16H,1-4H3. The van der Waals surface area contributed by atoms with Crippen LogP contribution < -0.4 is 0 Å². The van der Waals surface area contributed by atoms with Gasteiger partial charge in [0.2, 0.25) is 0 Å². The number of ether oxygens (including phenoxy) is 1. The van der Waals surface area contributed by atoms with Crippen LogP contribution in [0.5, 0.6) is 0 Å². The van der Waals surface area contributed by atoms with Crippen LogP contribution in [0.2, 0.25) is 0 Å². The zero-order valence-electron chi connectivity index (χ0n) is 12.2. The Bertz CT molecular complexity index is 495. The maximum atomic E-state index is 6.18. The normalized spacial score (nSPS) is 14.1. The second-order valence-corrected chi connectivity index (χ2v) is 5.13. The summed E-state index contributed by atoms with van der Waals surface area (Å²) in [5.41, 5.74) is 5.10. The van der Waals surface area contributed by atoms with Crippen molar-refractivity contribution in [3.05, 3.63) is 70.8 Å². The molecule has 0 aromatic heterocycles. The third kappa shape index (κ3) is 3.24. The molecule has 2 aromatic rings. The number of hydrogen-bond donors (Lipinski definition) is 0. The van der Waals surface area contributed by atoms with Crippen molar-refractivity contribution in [2.75, 3.05) is 0 Å². The fraction of sp³-hybridized carbons (Fsp3) is 0.333. The Morgan fingerprint density at radius 2 is 1.05 bits per heavy atom. The Balaban J connectivity index is 2.13. The highest BCUT2D eigenvalue weighted by atomic mass is 16.5. The van der Waals surface area contributed by atoms with Gasteiger partial charge >= 0.3 is 0 Å². The van der Waals surface area contributed by atoms with Gasteiger partial charge in [-0.2, -0.15) is 0 Å². The molecule has 0 bridgehead atoms. The predicted molar refractivity (Wildman–Crippen MR) is 80.3 cm³/mol. The quantitative estimate of drug-likeness (QED) is 0.733. The molecular weight excluding hydrogens is 232 g/mol. The van der Waals surface area contributed by atoms with Gasteiger partial charge < -0.3 is 4.74 Å². The molecule has 2 rings (SSSR count). The molecule has 2 aromatic carbocycles. The molecule has 0 aliphatic carbocycles. The van der Waals surface area contributed by atoms with E-state index < -0.39 is 0 Å². The van der Waals surface area contributed by atoms with E-state index in [2.05, 4.69) is 76.2 Å². The van der Waals surface area contributed by atoms with E-state index in [1.807, 2.05) is 0 Å². The van der Waals surface area contributed by atoms with Crippen LogP contribution in [-0.2, 0) is 4.74 Å². The minimum absolute atomic E-state index is 0.107. The monoisotopic (exact) mass is 254 g/mol.